The van der Waals surface area contributed by atoms with Gasteiger partial charge in [0.15, 0.2) is 0 Å². The fourth-order valence-corrected chi connectivity index (χ4v) is 0.937. The van der Waals surface area contributed by atoms with Crippen LogP contribution in [0.25, 0.3) is 6.08 Å². The maximum absolute atomic E-state index is 11.7. The minimum Gasteiger partial charge on any atom is -0.216 e. The molecule has 0 spiro atoms. The van der Waals surface area contributed by atoms with Gasteiger partial charge < -0.3 is 0 Å². The van der Waals surface area contributed by atoms with Crippen LogP contribution in [0, 0.1) is 0 Å². The van der Waals surface area contributed by atoms with Gasteiger partial charge in [-0.15, -0.1) is 0 Å². The standard InChI is InChI=1S/C10H11F/c1-2-9-3-5-10(6-4-9)7-8-11/h3-8H,2H2,1H3/b8-7+. The van der Waals surface area contributed by atoms with E-state index in [4.69, 9.17) is 0 Å². The zero-order chi connectivity index (χ0) is 8.10. The van der Waals surface area contributed by atoms with E-state index < -0.39 is 0 Å². The van der Waals surface area contributed by atoms with Crippen LogP contribution in [0.2, 0.25) is 0 Å². The molecule has 58 valence electrons. The summed E-state index contributed by atoms with van der Waals surface area (Å²) in [6.07, 6.45) is 3.03. The van der Waals surface area contributed by atoms with Crippen LogP contribution in [0.15, 0.2) is 30.6 Å². The van der Waals surface area contributed by atoms with E-state index in [2.05, 4.69) is 6.92 Å². The summed E-state index contributed by atoms with van der Waals surface area (Å²) in [5, 5.41) is 0. The normalized spacial score (nSPS) is 10.7. The molecule has 11 heavy (non-hydrogen) atoms. The van der Waals surface area contributed by atoms with Gasteiger partial charge in [0.2, 0.25) is 0 Å². The molecule has 1 heteroatoms. The summed E-state index contributed by atoms with van der Waals surface area (Å²) in [6.45, 7) is 2.10. The topological polar surface area (TPSA) is 0 Å². The molecule has 0 heterocycles. The Morgan fingerprint density at radius 1 is 1.27 bits per heavy atom. The molecule has 0 aliphatic carbocycles. The third kappa shape index (κ3) is 2.19. The van der Waals surface area contributed by atoms with Crippen molar-refractivity contribution >= 4 is 6.08 Å². The molecule has 0 amide bonds. The van der Waals surface area contributed by atoms with E-state index in [9.17, 15) is 4.39 Å². The second kappa shape index (κ2) is 3.91. The summed E-state index contributed by atoms with van der Waals surface area (Å²) in [7, 11) is 0. The Labute approximate surface area is 66.4 Å². The minimum absolute atomic E-state index is 0.557. The lowest BCUT2D eigenvalue weighted by atomic mass is 10.1. The molecule has 0 N–H and O–H groups in total. The Morgan fingerprint density at radius 3 is 2.36 bits per heavy atom. The average Bonchev–Trinajstić information content (AvgIpc) is 2.07. The average molecular weight is 150 g/mol. The van der Waals surface area contributed by atoms with Gasteiger partial charge in [-0.1, -0.05) is 31.2 Å². The predicted molar refractivity (Wildman–Crippen MR) is 46.0 cm³/mol. The number of aryl methyl sites for hydroxylation is 1. The van der Waals surface area contributed by atoms with Crippen LogP contribution in [0.4, 0.5) is 4.39 Å². The first-order chi connectivity index (χ1) is 5.36. The molecule has 1 aromatic carbocycles. The van der Waals surface area contributed by atoms with Crippen molar-refractivity contribution in [3.63, 3.8) is 0 Å². The molecular formula is C10H11F. The van der Waals surface area contributed by atoms with Gasteiger partial charge in [-0.2, -0.15) is 0 Å². The van der Waals surface area contributed by atoms with E-state index in [0.29, 0.717) is 6.33 Å². The van der Waals surface area contributed by atoms with Crippen molar-refractivity contribution in [1.29, 1.82) is 0 Å². The summed E-state index contributed by atoms with van der Waals surface area (Å²) in [6, 6.07) is 7.84. The first kappa shape index (κ1) is 7.99. The second-order valence-electron chi connectivity index (χ2n) is 2.39. The molecule has 0 aliphatic heterocycles. The van der Waals surface area contributed by atoms with Crippen LogP contribution < -0.4 is 0 Å². The maximum Gasteiger partial charge on any atom is 0.0872 e. The lowest BCUT2D eigenvalue weighted by Gasteiger charge is -1.95. The third-order valence-corrected chi connectivity index (χ3v) is 1.64. The molecule has 0 atom stereocenters. The lowest BCUT2D eigenvalue weighted by Crippen LogP contribution is -1.78. The lowest BCUT2D eigenvalue weighted by molar-refractivity contribution is 0.727. The van der Waals surface area contributed by atoms with Crippen molar-refractivity contribution in [2.45, 2.75) is 13.3 Å². The summed E-state index contributed by atoms with van der Waals surface area (Å²) in [5.41, 5.74) is 2.19. The van der Waals surface area contributed by atoms with E-state index in [-0.39, 0.29) is 0 Å². The van der Waals surface area contributed by atoms with Gasteiger partial charge >= 0.3 is 0 Å². The molecule has 0 radical (unpaired) electrons. The van der Waals surface area contributed by atoms with Gasteiger partial charge in [-0.25, -0.2) is 4.39 Å². The van der Waals surface area contributed by atoms with E-state index in [1.54, 1.807) is 0 Å². The molecule has 0 aliphatic rings. The quantitative estimate of drug-likeness (QED) is 0.607. The van der Waals surface area contributed by atoms with E-state index >= 15 is 0 Å². The highest BCUT2D eigenvalue weighted by Gasteiger charge is 1.87. The van der Waals surface area contributed by atoms with Crippen LogP contribution in [0.1, 0.15) is 18.1 Å². The van der Waals surface area contributed by atoms with Gasteiger partial charge in [0, 0.05) is 0 Å². The highest BCUT2D eigenvalue weighted by atomic mass is 19.1. The largest absolute Gasteiger partial charge is 0.216 e. The smallest absolute Gasteiger partial charge is 0.0872 e. The SMILES string of the molecule is CCc1ccc(/C=C/F)cc1. The van der Waals surface area contributed by atoms with E-state index in [1.165, 1.54) is 11.6 Å². The van der Waals surface area contributed by atoms with Crippen LogP contribution in [0.5, 0.6) is 0 Å². The molecule has 0 saturated heterocycles. The Balaban J connectivity index is 2.82. The Hall–Kier alpha value is -1.11. The Bertz CT molecular complexity index is 234. The van der Waals surface area contributed by atoms with E-state index in [0.717, 1.165) is 12.0 Å². The maximum atomic E-state index is 11.7. The van der Waals surface area contributed by atoms with Gasteiger partial charge in [-0.05, 0) is 23.6 Å². The zero-order valence-electron chi connectivity index (χ0n) is 6.55. The van der Waals surface area contributed by atoms with Crippen molar-refractivity contribution in [1.82, 2.24) is 0 Å². The summed E-state index contributed by atoms with van der Waals surface area (Å²) >= 11 is 0. The van der Waals surface area contributed by atoms with Crippen LogP contribution in [-0.4, -0.2) is 0 Å². The second-order valence-corrected chi connectivity index (χ2v) is 2.39. The van der Waals surface area contributed by atoms with Gasteiger partial charge in [0.25, 0.3) is 0 Å². The molecule has 1 rings (SSSR count). The van der Waals surface area contributed by atoms with Crippen LogP contribution >= 0.6 is 0 Å². The first-order valence-electron chi connectivity index (χ1n) is 3.72. The number of rotatable bonds is 2. The highest BCUT2D eigenvalue weighted by Crippen LogP contribution is 2.06. The number of hydrogen-bond donors (Lipinski definition) is 0. The summed E-state index contributed by atoms with van der Waals surface area (Å²) < 4.78 is 11.7. The van der Waals surface area contributed by atoms with Crippen LogP contribution in [0.3, 0.4) is 0 Å². The monoisotopic (exact) mass is 150 g/mol. The fraction of sp³-hybridized carbons (Fsp3) is 0.200. The Kier molecular flexibility index (Phi) is 2.84. The van der Waals surface area contributed by atoms with Crippen LogP contribution in [-0.2, 0) is 6.42 Å². The molecule has 0 bridgehead atoms. The van der Waals surface area contributed by atoms with Gasteiger partial charge in [0.05, 0.1) is 6.33 Å². The van der Waals surface area contributed by atoms with Crippen molar-refractivity contribution in [2.24, 2.45) is 0 Å². The highest BCUT2D eigenvalue weighted by molar-refractivity contribution is 5.48. The van der Waals surface area contributed by atoms with Crippen molar-refractivity contribution in [3.8, 4) is 0 Å². The molecule has 0 saturated carbocycles. The van der Waals surface area contributed by atoms with Gasteiger partial charge in [0.1, 0.15) is 0 Å². The van der Waals surface area contributed by atoms with Crippen molar-refractivity contribution in [3.05, 3.63) is 41.7 Å². The van der Waals surface area contributed by atoms with Crippen molar-refractivity contribution in [2.75, 3.05) is 0 Å². The van der Waals surface area contributed by atoms with Gasteiger partial charge in [-0.3, -0.25) is 0 Å². The molecule has 0 fully saturated rings. The summed E-state index contributed by atoms with van der Waals surface area (Å²) in [5.74, 6) is 0. The number of benzene rings is 1. The zero-order valence-corrected chi connectivity index (χ0v) is 6.55. The summed E-state index contributed by atoms with van der Waals surface area (Å²) in [4.78, 5) is 0. The number of hydrogen-bond acceptors (Lipinski definition) is 0. The van der Waals surface area contributed by atoms with Crippen molar-refractivity contribution < 1.29 is 4.39 Å². The molecule has 0 unspecified atom stereocenters. The number of halogens is 1. The fourth-order valence-electron chi connectivity index (χ4n) is 0.937. The first-order valence-corrected chi connectivity index (χ1v) is 3.72. The molecule has 0 nitrogen and oxygen atoms in total. The predicted octanol–water partition coefficient (Wildman–Crippen LogP) is 3.19. The Morgan fingerprint density at radius 2 is 1.91 bits per heavy atom. The molecule has 0 aromatic heterocycles. The third-order valence-electron chi connectivity index (χ3n) is 1.64. The molecular weight excluding hydrogens is 139 g/mol. The minimum atomic E-state index is 0.557. The van der Waals surface area contributed by atoms with E-state index in [1.807, 2.05) is 24.3 Å². The molecule has 1 aromatic rings.